The van der Waals surface area contributed by atoms with Crippen LogP contribution in [0.2, 0.25) is 0 Å². The molecule has 0 aliphatic heterocycles. The Morgan fingerprint density at radius 1 is 1.56 bits per heavy atom. The third kappa shape index (κ3) is 3.60. The van der Waals surface area contributed by atoms with Crippen LogP contribution >= 0.6 is 0 Å². The predicted octanol–water partition coefficient (Wildman–Crippen LogP) is -0.349. The Balaban J connectivity index is 2.31. The molecule has 7 nitrogen and oxygen atoms in total. The number of amides is 1. The number of ether oxygens (including phenoxy) is 1. The first-order valence-corrected chi connectivity index (χ1v) is 4.75. The maximum atomic E-state index is 11.3. The number of esters is 1. The van der Waals surface area contributed by atoms with Gasteiger partial charge in [-0.2, -0.15) is 0 Å². The van der Waals surface area contributed by atoms with Crippen molar-refractivity contribution in [3.8, 4) is 0 Å². The summed E-state index contributed by atoms with van der Waals surface area (Å²) in [6, 6.07) is 0. The largest absolute Gasteiger partial charge is 0.466 e. The van der Waals surface area contributed by atoms with Gasteiger partial charge < -0.3 is 14.5 Å². The lowest BCUT2D eigenvalue weighted by Crippen LogP contribution is -2.26. The summed E-state index contributed by atoms with van der Waals surface area (Å²) in [7, 11) is 0. The molecule has 0 bridgehead atoms. The number of oxazole rings is 1. The van der Waals surface area contributed by atoms with Crippen molar-refractivity contribution < 1.29 is 18.7 Å². The summed E-state index contributed by atoms with van der Waals surface area (Å²) in [5.74, 6) is -1.76. The standard InChI is InChI=1S/C9H12N2O5/c1-2-15-7(12)3-4-10-8(13)6-5-11-9(14)16-6/h5H,2-4H2,1H3,(H,10,13)(H,11,14). The monoisotopic (exact) mass is 228 g/mol. The van der Waals surface area contributed by atoms with Crippen molar-refractivity contribution >= 4 is 11.9 Å². The Hall–Kier alpha value is -2.05. The van der Waals surface area contributed by atoms with E-state index in [1.54, 1.807) is 6.92 Å². The molecular formula is C9H12N2O5. The van der Waals surface area contributed by atoms with Crippen LogP contribution in [0.15, 0.2) is 15.4 Å². The molecule has 1 amide bonds. The number of H-pyrrole nitrogens is 1. The lowest BCUT2D eigenvalue weighted by Gasteiger charge is -2.02. The number of hydrogen-bond donors (Lipinski definition) is 2. The maximum absolute atomic E-state index is 11.3. The molecule has 0 radical (unpaired) electrons. The van der Waals surface area contributed by atoms with Crippen LogP contribution in [0.25, 0.3) is 0 Å². The van der Waals surface area contributed by atoms with E-state index in [4.69, 9.17) is 0 Å². The van der Waals surface area contributed by atoms with E-state index in [1.807, 2.05) is 0 Å². The van der Waals surface area contributed by atoms with Crippen molar-refractivity contribution in [1.29, 1.82) is 0 Å². The molecule has 1 heterocycles. The first-order chi connectivity index (χ1) is 7.63. The van der Waals surface area contributed by atoms with Crippen molar-refractivity contribution in [3.05, 3.63) is 22.5 Å². The Morgan fingerprint density at radius 2 is 2.31 bits per heavy atom. The second kappa shape index (κ2) is 5.74. The van der Waals surface area contributed by atoms with Gasteiger partial charge in [-0.05, 0) is 6.92 Å². The van der Waals surface area contributed by atoms with E-state index in [1.165, 1.54) is 0 Å². The van der Waals surface area contributed by atoms with E-state index in [0.29, 0.717) is 6.61 Å². The lowest BCUT2D eigenvalue weighted by atomic mass is 10.4. The van der Waals surface area contributed by atoms with Crippen LogP contribution in [-0.2, 0) is 9.53 Å². The average molecular weight is 228 g/mol. The second-order valence-corrected chi connectivity index (χ2v) is 2.85. The molecule has 16 heavy (non-hydrogen) atoms. The minimum atomic E-state index is -0.699. The van der Waals surface area contributed by atoms with Crippen LogP contribution in [0.4, 0.5) is 0 Å². The molecule has 0 saturated heterocycles. The quantitative estimate of drug-likeness (QED) is 0.671. The highest BCUT2D eigenvalue weighted by molar-refractivity contribution is 5.91. The zero-order valence-corrected chi connectivity index (χ0v) is 8.74. The Kier molecular flexibility index (Phi) is 4.31. The van der Waals surface area contributed by atoms with Gasteiger partial charge >= 0.3 is 11.7 Å². The molecule has 0 atom stereocenters. The molecule has 0 aromatic carbocycles. The van der Waals surface area contributed by atoms with E-state index in [2.05, 4.69) is 19.5 Å². The number of carbonyl (C=O) groups is 2. The fourth-order valence-electron chi connectivity index (χ4n) is 0.994. The zero-order valence-electron chi connectivity index (χ0n) is 8.74. The summed E-state index contributed by atoms with van der Waals surface area (Å²) >= 11 is 0. The fourth-order valence-corrected chi connectivity index (χ4v) is 0.994. The van der Waals surface area contributed by atoms with Crippen molar-refractivity contribution in [2.75, 3.05) is 13.2 Å². The molecule has 0 fully saturated rings. The van der Waals surface area contributed by atoms with Crippen LogP contribution in [-0.4, -0.2) is 30.0 Å². The number of rotatable bonds is 5. The first-order valence-electron chi connectivity index (χ1n) is 4.75. The fraction of sp³-hybridized carbons (Fsp3) is 0.444. The Morgan fingerprint density at radius 3 is 2.88 bits per heavy atom. The van der Waals surface area contributed by atoms with Gasteiger partial charge in [-0.1, -0.05) is 0 Å². The van der Waals surface area contributed by atoms with Gasteiger partial charge in [0.1, 0.15) is 0 Å². The average Bonchev–Trinajstić information content (AvgIpc) is 2.65. The molecule has 0 spiro atoms. The van der Waals surface area contributed by atoms with Gasteiger partial charge in [0.2, 0.25) is 5.76 Å². The smallest absolute Gasteiger partial charge is 0.416 e. The topological polar surface area (TPSA) is 101 Å². The molecule has 2 N–H and O–H groups in total. The third-order valence-electron chi connectivity index (χ3n) is 1.67. The van der Waals surface area contributed by atoms with Crippen molar-refractivity contribution in [3.63, 3.8) is 0 Å². The van der Waals surface area contributed by atoms with Gasteiger partial charge in [0, 0.05) is 6.54 Å². The van der Waals surface area contributed by atoms with Crippen LogP contribution < -0.4 is 11.1 Å². The van der Waals surface area contributed by atoms with E-state index in [-0.39, 0.29) is 18.7 Å². The van der Waals surface area contributed by atoms with Crippen molar-refractivity contribution in [1.82, 2.24) is 10.3 Å². The minimum Gasteiger partial charge on any atom is -0.466 e. The van der Waals surface area contributed by atoms with Gasteiger partial charge in [-0.3, -0.25) is 14.6 Å². The predicted molar refractivity (Wildman–Crippen MR) is 52.9 cm³/mol. The number of hydrogen-bond acceptors (Lipinski definition) is 5. The van der Waals surface area contributed by atoms with Gasteiger partial charge in [0.15, 0.2) is 0 Å². The van der Waals surface area contributed by atoms with E-state index >= 15 is 0 Å². The normalized spacial score (nSPS) is 9.81. The summed E-state index contributed by atoms with van der Waals surface area (Å²) in [6.45, 7) is 2.14. The number of carbonyl (C=O) groups excluding carboxylic acids is 2. The van der Waals surface area contributed by atoms with Crippen molar-refractivity contribution in [2.45, 2.75) is 13.3 Å². The molecule has 7 heteroatoms. The summed E-state index contributed by atoms with van der Waals surface area (Å²) in [4.78, 5) is 35.0. The summed E-state index contributed by atoms with van der Waals surface area (Å²) in [5.41, 5.74) is 0. The van der Waals surface area contributed by atoms with Gasteiger partial charge in [-0.25, -0.2) is 4.79 Å². The van der Waals surface area contributed by atoms with Crippen molar-refractivity contribution in [2.24, 2.45) is 0 Å². The summed E-state index contributed by atoms with van der Waals surface area (Å²) in [5, 5.41) is 2.41. The molecule has 1 rings (SSSR count). The van der Waals surface area contributed by atoms with Crippen LogP contribution in [0.3, 0.4) is 0 Å². The molecule has 1 aromatic heterocycles. The van der Waals surface area contributed by atoms with Crippen LogP contribution in [0.1, 0.15) is 23.9 Å². The lowest BCUT2D eigenvalue weighted by molar-refractivity contribution is -0.142. The van der Waals surface area contributed by atoms with E-state index < -0.39 is 17.6 Å². The van der Waals surface area contributed by atoms with E-state index in [9.17, 15) is 14.4 Å². The summed E-state index contributed by atoms with van der Waals surface area (Å²) < 4.78 is 9.17. The minimum absolute atomic E-state index is 0.0776. The Bertz CT molecular complexity index is 420. The SMILES string of the molecule is CCOC(=O)CCNC(=O)c1c[nH]c(=O)o1. The van der Waals surface area contributed by atoms with Gasteiger partial charge in [0.05, 0.1) is 19.2 Å². The highest BCUT2D eigenvalue weighted by Crippen LogP contribution is 1.92. The highest BCUT2D eigenvalue weighted by Gasteiger charge is 2.10. The molecule has 0 unspecified atom stereocenters. The molecule has 0 saturated carbocycles. The molecular weight excluding hydrogens is 216 g/mol. The molecule has 88 valence electrons. The van der Waals surface area contributed by atoms with Gasteiger partial charge in [0.25, 0.3) is 5.91 Å². The van der Waals surface area contributed by atoms with Gasteiger partial charge in [-0.15, -0.1) is 0 Å². The second-order valence-electron chi connectivity index (χ2n) is 2.85. The molecule has 0 aliphatic carbocycles. The molecule has 1 aromatic rings. The highest BCUT2D eigenvalue weighted by atomic mass is 16.5. The summed E-state index contributed by atoms with van der Waals surface area (Å²) in [6.07, 6.45) is 1.23. The maximum Gasteiger partial charge on any atom is 0.416 e. The zero-order chi connectivity index (χ0) is 12.0. The number of nitrogens with one attached hydrogen (secondary N) is 2. The van der Waals surface area contributed by atoms with Crippen LogP contribution in [0, 0.1) is 0 Å². The number of aromatic amines is 1. The Labute approximate surface area is 90.8 Å². The van der Waals surface area contributed by atoms with Crippen LogP contribution in [0.5, 0.6) is 0 Å². The first kappa shape index (κ1) is 12.0. The van der Waals surface area contributed by atoms with E-state index in [0.717, 1.165) is 6.20 Å². The number of aromatic nitrogens is 1. The third-order valence-corrected chi connectivity index (χ3v) is 1.67. The molecule has 0 aliphatic rings.